The Labute approximate surface area is 148 Å². The molecule has 0 heterocycles. The van der Waals surface area contributed by atoms with E-state index in [1.54, 1.807) is 13.3 Å². The molecular formula is C16H16BrN3O2S. The molecule has 0 spiro atoms. The van der Waals surface area contributed by atoms with Crippen LogP contribution in [0.1, 0.15) is 11.1 Å². The summed E-state index contributed by atoms with van der Waals surface area (Å²) in [6.45, 7) is 0.419. The number of thiocarbonyl (C=S) groups is 1. The monoisotopic (exact) mass is 393 g/mol. The van der Waals surface area contributed by atoms with Gasteiger partial charge < -0.3 is 15.2 Å². The lowest BCUT2D eigenvalue weighted by Crippen LogP contribution is -2.24. The maximum Gasteiger partial charge on any atom is 0.184 e. The molecule has 3 N–H and O–H groups in total. The zero-order valence-electron chi connectivity index (χ0n) is 12.5. The number of hydrogen-bond donors (Lipinski definition) is 2. The molecular weight excluding hydrogens is 378 g/mol. The second kappa shape index (κ2) is 8.50. The highest BCUT2D eigenvalue weighted by atomic mass is 79.9. The molecule has 23 heavy (non-hydrogen) atoms. The molecule has 7 heteroatoms. The Kier molecular flexibility index (Phi) is 6.37. The second-order valence-corrected chi connectivity index (χ2v) is 5.91. The van der Waals surface area contributed by atoms with Crippen LogP contribution in [0.4, 0.5) is 0 Å². The van der Waals surface area contributed by atoms with Crippen molar-refractivity contribution in [1.82, 2.24) is 5.43 Å². The van der Waals surface area contributed by atoms with Crippen LogP contribution in [0, 0.1) is 0 Å². The Morgan fingerprint density at radius 2 is 2.17 bits per heavy atom. The van der Waals surface area contributed by atoms with E-state index in [2.05, 4.69) is 26.5 Å². The molecule has 0 amide bonds. The van der Waals surface area contributed by atoms with Crippen LogP contribution in [0.2, 0.25) is 0 Å². The summed E-state index contributed by atoms with van der Waals surface area (Å²) in [6, 6.07) is 13.4. The first-order valence-electron chi connectivity index (χ1n) is 6.72. The van der Waals surface area contributed by atoms with E-state index in [1.165, 1.54) is 0 Å². The van der Waals surface area contributed by atoms with Crippen LogP contribution < -0.4 is 20.6 Å². The van der Waals surface area contributed by atoms with E-state index in [9.17, 15) is 0 Å². The van der Waals surface area contributed by atoms with Crippen molar-refractivity contribution in [3.05, 3.63) is 58.1 Å². The minimum Gasteiger partial charge on any atom is -0.497 e. The van der Waals surface area contributed by atoms with Crippen LogP contribution in [0.5, 0.6) is 11.5 Å². The summed E-state index contributed by atoms with van der Waals surface area (Å²) in [5, 5.41) is 4.07. The number of hydrazone groups is 1. The SMILES string of the molecule is COc1cccc(COc2ccc(Br)cc2C=NNC(N)=S)c1. The largest absolute Gasteiger partial charge is 0.497 e. The molecule has 0 saturated carbocycles. The van der Waals surface area contributed by atoms with Gasteiger partial charge in [-0.1, -0.05) is 28.1 Å². The summed E-state index contributed by atoms with van der Waals surface area (Å²) >= 11 is 8.14. The van der Waals surface area contributed by atoms with Gasteiger partial charge >= 0.3 is 0 Å². The molecule has 5 nitrogen and oxygen atoms in total. The van der Waals surface area contributed by atoms with Gasteiger partial charge in [0.2, 0.25) is 0 Å². The minimum atomic E-state index is 0.107. The van der Waals surface area contributed by atoms with Gasteiger partial charge in [-0.2, -0.15) is 5.10 Å². The summed E-state index contributed by atoms with van der Waals surface area (Å²) < 4.78 is 12.0. The standard InChI is InChI=1S/C16H16BrN3O2S/c1-21-14-4-2-3-11(7-14)10-22-15-6-5-13(17)8-12(15)9-19-20-16(18)23/h2-9H,10H2,1H3,(H3,18,20,23). The zero-order chi connectivity index (χ0) is 16.7. The van der Waals surface area contributed by atoms with Crippen molar-refractivity contribution in [2.24, 2.45) is 10.8 Å². The lowest BCUT2D eigenvalue weighted by atomic mass is 10.2. The first kappa shape index (κ1) is 17.2. The Morgan fingerprint density at radius 1 is 1.35 bits per heavy atom. The van der Waals surface area contributed by atoms with Crippen LogP contribution in [-0.2, 0) is 6.61 Å². The van der Waals surface area contributed by atoms with Gasteiger partial charge in [-0.25, -0.2) is 0 Å². The lowest BCUT2D eigenvalue weighted by Gasteiger charge is -2.10. The number of halogens is 1. The van der Waals surface area contributed by atoms with Gasteiger partial charge in [-0.05, 0) is 48.1 Å². The number of ether oxygens (including phenoxy) is 2. The van der Waals surface area contributed by atoms with Crippen molar-refractivity contribution >= 4 is 39.5 Å². The van der Waals surface area contributed by atoms with Gasteiger partial charge in [0.1, 0.15) is 18.1 Å². The second-order valence-electron chi connectivity index (χ2n) is 4.56. The van der Waals surface area contributed by atoms with Gasteiger partial charge in [0, 0.05) is 10.0 Å². The van der Waals surface area contributed by atoms with Crippen molar-refractivity contribution in [2.45, 2.75) is 6.61 Å². The number of nitrogens with one attached hydrogen (secondary N) is 1. The van der Waals surface area contributed by atoms with Crippen molar-refractivity contribution < 1.29 is 9.47 Å². The fraction of sp³-hybridized carbons (Fsp3) is 0.125. The Hall–Kier alpha value is -2.12. The van der Waals surface area contributed by atoms with Crippen molar-refractivity contribution in [3.63, 3.8) is 0 Å². The van der Waals surface area contributed by atoms with Crippen LogP contribution in [0.3, 0.4) is 0 Å². The zero-order valence-corrected chi connectivity index (χ0v) is 14.9. The molecule has 0 unspecified atom stereocenters. The Bertz CT molecular complexity index is 722. The minimum absolute atomic E-state index is 0.107. The maximum absolute atomic E-state index is 5.88. The predicted octanol–water partition coefficient (Wildman–Crippen LogP) is 3.20. The number of nitrogens with zero attached hydrogens (tertiary/aromatic N) is 1. The van der Waals surface area contributed by atoms with E-state index >= 15 is 0 Å². The molecule has 2 rings (SSSR count). The fourth-order valence-electron chi connectivity index (χ4n) is 1.84. The molecule has 120 valence electrons. The highest BCUT2D eigenvalue weighted by Crippen LogP contribution is 2.23. The van der Waals surface area contributed by atoms with Crippen molar-refractivity contribution in [2.75, 3.05) is 7.11 Å². The van der Waals surface area contributed by atoms with Crippen LogP contribution in [0.15, 0.2) is 52.0 Å². The predicted molar refractivity (Wildman–Crippen MR) is 99.0 cm³/mol. The molecule has 0 aliphatic rings. The van der Waals surface area contributed by atoms with E-state index in [-0.39, 0.29) is 5.11 Å². The van der Waals surface area contributed by atoms with Gasteiger partial charge in [-0.15, -0.1) is 0 Å². The topological polar surface area (TPSA) is 68.9 Å². The number of methoxy groups -OCH3 is 1. The van der Waals surface area contributed by atoms with E-state index in [0.717, 1.165) is 21.3 Å². The van der Waals surface area contributed by atoms with E-state index < -0.39 is 0 Å². The normalized spacial score (nSPS) is 10.5. The van der Waals surface area contributed by atoms with Crippen LogP contribution in [-0.4, -0.2) is 18.4 Å². The summed E-state index contributed by atoms with van der Waals surface area (Å²) in [5.74, 6) is 1.49. The lowest BCUT2D eigenvalue weighted by molar-refractivity contribution is 0.304. The number of benzene rings is 2. The third kappa shape index (κ3) is 5.54. The molecule has 2 aromatic carbocycles. The molecule has 2 aromatic rings. The molecule has 0 aromatic heterocycles. The fourth-order valence-corrected chi connectivity index (χ4v) is 2.27. The molecule has 0 radical (unpaired) electrons. The van der Waals surface area contributed by atoms with Crippen molar-refractivity contribution in [1.29, 1.82) is 0 Å². The third-order valence-corrected chi connectivity index (χ3v) is 3.46. The van der Waals surface area contributed by atoms with Crippen LogP contribution >= 0.6 is 28.1 Å². The molecule has 0 atom stereocenters. The van der Waals surface area contributed by atoms with Gasteiger partial charge in [0.05, 0.1) is 13.3 Å². The Morgan fingerprint density at radius 3 is 2.91 bits per heavy atom. The number of nitrogens with two attached hydrogens (primary N) is 1. The average molecular weight is 394 g/mol. The third-order valence-electron chi connectivity index (χ3n) is 2.88. The molecule has 0 aliphatic carbocycles. The maximum atomic E-state index is 5.88. The summed E-state index contributed by atoms with van der Waals surface area (Å²) in [5.41, 5.74) is 9.67. The van der Waals surface area contributed by atoms with E-state index in [1.807, 2.05) is 42.5 Å². The first-order valence-corrected chi connectivity index (χ1v) is 7.92. The first-order chi connectivity index (χ1) is 11.1. The summed E-state index contributed by atoms with van der Waals surface area (Å²) in [6.07, 6.45) is 1.60. The van der Waals surface area contributed by atoms with Crippen LogP contribution in [0.25, 0.3) is 0 Å². The molecule has 0 aliphatic heterocycles. The highest BCUT2D eigenvalue weighted by molar-refractivity contribution is 9.10. The van der Waals surface area contributed by atoms with E-state index in [0.29, 0.717) is 12.4 Å². The van der Waals surface area contributed by atoms with Gasteiger partial charge in [0.15, 0.2) is 5.11 Å². The van der Waals surface area contributed by atoms with Gasteiger partial charge in [-0.3, -0.25) is 5.43 Å². The molecule has 0 saturated heterocycles. The quantitative estimate of drug-likeness (QED) is 0.448. The van der Waals surface area contributed by atoms with Gasteiger partial charge in [0.25, 0.3) is 0 Å². The average Bonchev–Trinajstić information content (AvgIpc) is 2.54. The molecule has 0 fully saturated rings. The number of rotatable bonds is 6. The highest BCUT2D eigenvalue weighted by Gasteiger charge is 2.04. The number of hydrogen-bond acceptors (Lipinski definition) is 4. The smallest absolute Gasteiger partial charge is 0.184 e. The van der Waals surface area contributed by atoms with E-state index in [4.69, 9.17) is 27.4 Å². The van der Waals surface area contributed by atoms with Crippen molar-refractivity contribution in [3.8, 4) is 11.5 Å². The molecule has 0 bridgehead atoms. The Balaban J connectivity index is 2.12. The summed E-state index contributed by atoms with van der Waals surface area (Å²) in [4.78, 5) is 0. The summed E-state index contributed by atoms with van der Waals surface area (Å²) in [7, 11) is 1.64.